The highest BCUT2D eigenvalue weighted by atomic mass is 16.1. The van der Waals surface area contributed by atoms with Crippen molar-refractivity contribution >= 4 is 11.6 Å². The second-order valence-corrected chi connectivity index (χ2v) is 5.92. The lowest BCUT2D eigenvalue weighted by Gasteiger charge is -2.36. The van der Waals surface area contributed by atoms with Gasteiger partial charge in [0.25, 0.3) is 0 Å². The zero-order valence-electron chi connectivity index (χ0n) is 10.3. The van der Waals surface area contributed by atoms with Crippen LogP contribution in [0.3, 0.4) is 0 Å². The molecule has 3 aliphatic carbocycles. The third kappa shape index (κ3) is 2.10. The Bertz CT molecular complexity index is 380. The van der Waals surface area contributed by atoms with E-state index in [4.69, 9.17) is 0 Å². The van der Waals surface area contributed by atoms with Crippen LogP contribution in [0.4, 0.5) is 0 Å². The molecule has 92 valence electrons. The van der Waals surface area contributed by atoms with E-state index in [1.54, 1.807) is 0 Å². The SMILES string of the molecule is O=C1C=C2CC[C@@H]([C@H]3CCCC3=O)C[C@H]2CC1. The molecule has 3 aliphatic rings. The monoisotopic (exact) mass is 232 g/mol. The summed E-state index contributed by atoms with van der Waals surface area (Å²) < 4.78 is 0. The second kappa shape index (κ2) is 4.40. The molecule has 3 rings (SSSR count). The molecule has 0 radical (unpaired) electrons. The van der Waals surface area contributed by atoms with Gasteiger partial charge in [0.2, 0.25) is 0 Å². The lowest BCUT2D eigenvalue weighted by molar-refractivity contribution is -0.122. The summed E-state index contributed by atoms with van der Waals surface area (Å²) in [6, 6.07) is 0. The van der Waals surface area contributed by atoms with E-state index in [9.17, 15) is 9.59 Å². The summed E-state index contributed by atoms with van der Waals surface area (Å²) >= 11 is 0. The summed E-state index contributed by atoms with van der Waals surface area (Å²) in [5, 5.41) is 0. The highest BCUT2D eigenvalue weighted by molar-refractivity contribution is 5.91. The van der Waals surface area contributed by atoms with Crippen molar-refractivity contribution in [3.63, 3.8) is 0 Å². The first-order chi connectivity index (χ1) is 8.24. The Hall–Kier alpha value is -0.920. The molecule has 0 saturated heterocycles. The largest absolute Gasteiger partial charge is 0.299 e. The van der Waals surface area contributed by atoms with Crippen molar-refractivity contribution in [1.29, 1.82) is 0 Å². The Labute approximate surface area is 102 Å². The van der Waals surface area contributed by atoms with E-state index in [0.717, 1.165) is 51.4 Å². The topological polar surface area (TPSA) is 34.1 Å². The van der Waals surface area contributed by atoms with Gasteiger partial charge in [0.1, 0.15) is 5.78 Å². The van der Waals surface area contributed by atoms with Gasteiger partial charge >= 0.3 is 0 Å². The Balaban J connectivity index is 1.70. The van der Waals surface area contributed by atoms with Crippen molar-refractivity contribution in [2.24, 2.45) is 17.8 Å². The smallest absolute Gasteiger partial charge is 0.155 e. The molecule has 0 N–H and O–H groups in total. The van der Waals surface area contributed by atoms with Gasteiger partial charge in [0.15, 0.2) is 5.78 Å². The van der Waals surface area contributed by atoms with Crippen LogP contribution in [0.15, 0.2) is 11.6 Å². The predicted molar refractivity (Wildman–Crippen MR) is 65.5 cm³/mol. The molecular weight excluding hydrogens is 212 g/mol. The van der Waals surface area contributed by atoms with Gasteiger partial charge in [-0.25, -0.2) is 0 Å². The molecule has 2 fully saturated rings. The van der Waals surface area contributed by atoms with E-state index in [2.05, 4.69) is 0 Å². The molecule has 0 aromatic heterocycles. The molecule has 0 aliphatic heterocycles. The first kappa shape index (κ1) is 11.2. The van der Waals surface area contributed by atoms with Gasteiger partial charge in [-0.05, 0) is 56.4 Å². The van der Waals surface area contributed by atoms with Gasteiger partial charge in [-0.3, -0.25) is 9.59 Å². The molecule has 0 amide bonds. The van der Waals surface area contributed by atoms with Crippen molar-refractivity contribution < 1.29 is 9.59 Å². The zero-order valence-corrected chi connectivity index (χ0v) is 10.3. The number of Topliss-reactive ketones (excluding diaryl/α,β-unsaturated/α-hetero) is 1. The number of rotatable bonds is 1. The highest BCUT2D eigenvalue weighted by Crippen LogP contribution is 2.44. The number of hydrogen-bond acceptors (Lipinski definition) is 2. The molecule has 0 heterocycles. The minimum absolute atomic E-state index is 0.312. The molecule has 3 atom stereocenters. The summed E-state index contributed by atoms with van der Waals surface area (Å²) in [6.45, 7) is 0. The molecule has 2 saturated carbocycles. The maximum atomic E-state index is 11.8. The minimum Gasteiger partial charge on any atom is -0.299 e. The summed E-state index contributed by atoms with van der Waals surface area (Å²) in [6.07, 6.45) is 10.0. The van der Waals surface area contributed by atoms with E-state index in [-0.39, 0.29) is 0 Å². The molecule has 2 heteroatoms. The van der Waals surface area contributed by atoms with E-state index < -0.39 is 0 Å². The number of hydrogen-bond donors (Lipinski definition) is 0. The normalized spacial score (nSPS) is 37.9. The summed E-state index contributed by atoms with van der Waals surface area (Å²) in [4.78, 5) is 23.2. The molecule has 0 aromatic carbocycles. The maximum absolute atomic E-state index is 11.8. The fourth-order valence-electron chi connectivity index (χ4n) is 3.99. The number of carbonyl (C=O) groups excluding carboxylic acids is 2. The van der Waals surface area contributed by atoms with Gasteiger partial charge < -0.3 is 0 Å². The molecule has 0 spiro atoms. The van der Waals surface area contributed by atoms with E-state index in [0.29, 0.717) is 29.3 Å². The number of allylic oxidation sites excluding steroid dienone is 2. The van der Waals surface area contributed by atoms with Gasteiger partial charge in [-0.2, -0.15) is 0 Å². The number of fused-ring (bicyclic) bond motifs is 1. The van der Waals surface area contributed by atoms with Gasteiger partial charge in [-0.15, -0.1) is 0 Å². The second-order valence-electron chi connectivity index (χ2n) is 5.92. The van der Waals surface area contributed by atoms with Gasteiger partial charge in [-0.1, -0.05) is 5.57 Å². The van der Waals surface area contributed by atoms with Crippen LogP contribution in [0.5, 0.6) is 0 Å². The Kier molecular flexibility index (Phi) is 2.89. The average molecular weight is 232 g/mol. The zero-order chi connectivity index (χ0) is 11.8. The van der Waals surface area contributed by atoms with Crippen molar-refractivity contribution in [2.75, 3.05) is 0 Å². The van der Waals surface area contributed by atoms with Gasteiger partial charge in [0, 0.05) is 18.8 Å². The predicted octanol–water partition coefficient (Wildman–Crippen LogP) is 3.06. The van der Waals surface area contributed by atoms with Crippen LogP contribution >= 0.6 is 0 Å². The standard InChI is InChI=1S/C15H20O2/c16-13-7-6-10-8-12(5-4-11(10)9-13)14-2-1-3-15(14)17/h9-10,12,14H,1-8H2/t10-,12-,14-/m1/s1. The summed E-state index contributed by atoms with van der Waals surface area (Å²) in [5.41, 5.74) is 1.38. The van der Waals surface area contributed by atoms with Crippen molar-refractivity contribution in [1.82, 2.24) is 0 Å². The maximum Gasteiger partial charge on any atom is 0.155 e. The quantitative estimate of drug-likeness (QED) is 0.696. The number of carbonyl (C=O) groups is 2. The molecular formula is C15H20O2. The van der Waals surface area contributed by atoms with Crippen molar-refractivity contribution in [3.8, 4) is 0 Å². The molecule has 0 aromatic rings. The Morgan fingerprint density at radius 2 is 1.88 bits per heavy atom. The van der Waals surface area contributed by atoms with Crippen LogP contribution in [0, 0.1) is 17.8 Å². The fraction of sp³-hybridized carbons (Fsp3) is 0.733. The summed E-state index contributed by atoms with van der Waals surface area (Å²) in [5.74, 6) is 2.40. The minimum atomic E-state index is 0.312. The first-order valence-electron chi connectivity index (χ1n) is 7.00. The fourth-order valence-corrected chi connectivity index (χ4v) is 3.99. The van der Waals surface area contributed by atoms with Crippen LogP contribution in [-0.4, -0.2) is 11.6 Å². The highest BCUT2D eigenvalue weighted by Gasteiger charge is 2.37. The van der Waals surface area contributed by atoms with Crippen LogP contribution in [-0.2, 0) is 9.59 Å². The van der Waals surface area contributed by atoms with E-state index >= 15 is 0 Å². The molecule has 0 bridgehead atoms. The Morgan fingerprint density at radius 3 is 2.65 bits per heavy atom. The third-order valence-electron chi connectivity index (χ3n) is 4.92. The molecule has 17 heavy (non-hydrogen) atoms. The summed E-state index contributed by atoms with van der Waals surface area (Å²) in [7, 11) is 0. The van der Waals surface area contributed by atoms with Crippen molar-refractivity contribution in [3.05, 3.63) is 11.6 Å². The Morgan fingerprint density at radius 1 is 1.00 bits per heavy atom. The van der Waals surface area contributed by atoms with Gasteiger partial charge in [0.05, 0.1) is 0 Å². The lowest BCUT2D eigenvalue weighted by Crippen LogP contribution is -2.28. The third-order valence-corrected chi connectivity index (χ3v) is 4.92. The van der Waals surface area contributed by atoms with Crippen molar-refractivity contribution in [2.45, 2.75) is 51.4 Å². The number of ketones is 2. The van der Waals surface area contributed by atoms with Crippen LogP contribution in [0.2, 0.25) is 0 Å². The van der Waals surface area contributed by atoms with E-state index in [1.807, 2.05) is 6.08 Å². The average Bonchev–Trinajstić information content (AvgIpc) is 2.75. The lowest BCUT2D eigenvalue weighted by atomic mass is 9.69. The van der Waals surface area contributed by atoms with Crippen LogP contribution in [0.1, 0.15) is 51.4 Å². The van der Waals surface area contributed by atoms with E-state index in [1.165, 1.54) is 5.57 Å². The van der Waals surface area contributed by atoms with Crippen LogP contribution < -0.4 is 0 Å². The molecule has 2 nitrogen and oxygen atoms in total. The van der Waals surface area contributed by atoms with Crippen LogP contribution in [0.25, 0.3) is 0 Å². The molecule has 0 unspecified atom stereocenters. The first-order valence-corrected chi connectivity index (χ1v) is 7.00.